The van der Waals surface area contributed by atoms with Crippen molar-refractivity contribution in [2.45, 2.75) is 6.92 Å². The van der Waals surface area contributed by atoms with Crippen LogP contribution < -0.4 is 4.90 Å². The van der Waals surface area contributed by atoms with Crippen LogP contribution in [-0.4, -0.2) is 24.2 Å². The number of benzene rings is 1. The zero-order valence-electron chi connectivity index (χ0n) is 10.1. The molecule has 1 N–H and O–H groups in total. The van der Waals surface area contributed by atoms with Gasteiger partial charge in [-0.15, -0.1) is 6.42 Å². The van der Waals surface area contributed by atoms with Crippen LogP contribution in [0.3, 0.4) is 0 Å². The molecule has 18 heavy (non-hydrogen) atoms. The minimum Gasteiger partial charge on any atom is -0.478 e. The van der Waals surface area contributed by atoms with Gasteiger partial charge in [-0.1, -0.05) is 21.9 Å². The number of hydrogen-bond acceptors (Lipinski definition) is 2. The third-order valence-corrected chi connectivity index (χ3v) is 2.89. The summed E-state index contributed by atoms with van der Waals surface area (Å²) in [4.78, 5) is 12.6. The number of terminal acetylenes is 1. The van der Waals surface area contributed by atoms with E-state index in [9.17, 15) is 4.79 Å². The SMILES string of the molecule is C#CCN(CC)c1ccc(Br)cc1/C=C/C(=O)O. The molecule has 0 fully saturated rings. The maximum Gasteiger partial charge on any atom is 0.328 e. The Hall–Kier alpha value is -1.73. The number of carbonyl (C=O) groups is 1. The zero-order valence-corrected chi connectivity index (χ0v) is 11.6. The highest BCUT2D eigenvalue weighted by Crippen LogP contribution is 2.25. The van der Waals surface area contributed by atoms with Crippen LogP contribution in [-0.2, 0) is 4.79 Å². The highest BCUT2D eigenvalue weighted by atomic mass is 79.9. The van der Waals surface area contributed by atoms with Gasteiger partial charge in [0.05, 0.1) is 6.54 Å². The Labute approximate surface area is 115 Å². The van der Waals surface area contributed by atoms with Crippen molar-refractivity contribution in [2.75, 3.05) is 18.0 Å². The molecule has 0 bridgehead atoms. The number of nitrogens with zero attached hydrogens (tertiary/aromatic N) is 1. The van der Waals surface area contributed by atoms with Gasteiger partial charge < -0.3 is 10.0 Å². The van der Waals surface area contributed by atoms with E-state index in [0.717, 1.165) is 28.3 Å². The first-order valence-electron chi connectivity index (χ1n) is 5.47. The van der Waals surface area contributed by atoms with Gasteiger partial charge in [-0.25, -0.2) is 4.79 Å². The van der Waals surface area contributed by atoms with Crippen LogP contribution in [0.2, 0.25) is 0 Å². The van der Waals surface area contributed by atoms with Gasteiger partial charge in [0.2, 0.25) is 0 Å². The highest BCUT2D eigenvalue weighted by molar-refractivity contribution is 9.10. The largest absolute Gasteiger partial charge is 0.478 e. The molecule has 0 aliphatic carbocycles. The van der Waals surface area contributed by atoms with Gasteiger partial charge in [-0.2, -0.15) is 0 Å². The van der Waals surface area contributed by atoms with E-state index < -0.39 is 5.97 Å². The Morgan fingerprint density at radius 1 is 1.61 bits per heavy atom. The Bertz CT molecular complexity index is 503. The van der Waals surface area contributed by atoms with E-state index in [2.05, 4.69) is 21.9 Å². The Morgan fingerprint density at radius 3 is 2.89 bits per heavy atom. The van der Waals surface area contributed by atoms with Crippen LogP contribution >= 0.6 is 15.9 Å². The molecule has 1 aromatic rings. The monoisotopic (exact) mass is 307 g/mol. The Balaban J connectivity index is 3.17. The minimum absolute atomic E-state index is 0.492. The third-order valence-electron chi connectivity index (χ3n) is 2.40. The predicted molar refractivity (Wildman–Crippen MR) is 77.5 cm³/mol. The van der Waals surface area contributed by atoms with Gasteiger partial charge in [0.15, 0.2) is 0 Å². The summed E-state index contributed by atoms with van der Waals surface area (Å²) in [5, 5.41) is 8.69. The number of halogens is 1. The first-order valence-corrected chi connectivity index (χ1v) is 6.26. The maximum atomic E-state index is 10.6. The lowest BCUT2D eigenvalue weighted by Gasteiger charge is -2.22. The van der Waals surface area contributed by atoms with Gasteiger partial charge in [0, 0.05) is 22.8 Å². The molecule has 0 saturated carbocycles. The van der Waals surface area contributed by atoms with Crippen LogP contribution in [0.4, 0.5) is 5.69 Å². The van der Waals surface area contributed by atoms with Gasteiger partial charge in [0.25, 0.3) is 0 Å². The van der Waals surface area contributed by atoms with Gasteiger partial charge in [-0.05, 0) is 36.8 Å². The van der Waals surface area contributed by atoms with Crippen molar-refractivity contribution in [1.29, 1.82) is 0 Å². The fraction of sp³-hybridized carbons (Fsp3) is 0.214. The van der Waals surface area contributed by atoms with Crippen LogP contribution in [0, 0.1) is 12.3 Å². The van der Waals surface area contributed by atoms with E-state index in [1.807, 2.05) is 30.0 Å². The minimum atomic E-state index is -0.971. The van der Waals surface area contributed by atoms with Crippen molar-refractivity contribution >= 4 is 33.7 Å². The molecule has 0 heterocycles. The lowest BCUT2D eigenvalue weighted by Crippen LogP contribution is -2.23. The summed E-state index contributed by atoms with van der Waals surface area (Å²) in [6, 6.07) is 5.70. The van der Waals surface area contributed by atoms with Crippen LogP contribution in [0.15, 0.2) is 28.7 Å². The Kier molecular flexibility index (Phi) is 5.47. The number of carboxylic acids is 1. The molecule has 1 rings (SSSR count). The van der Waals surface area contributed by atoms with Crippen molar-refractivity contribution < 1.29 is 9.90 Å². The van der Waals surface area contributed by atoms with Crippen molar-refractivity contribution in [3.8, 4) is 12.3 Å². The summed E-state index contributed by atoms with van der Waals surface area (Å²) in [6.07, 6.45) is 8.02. The molecule has 1 aromatic carbocycles. The van der Waals surface area contributed by atoms with Crippen molar-refractivity contribution in [3.63, 3.8) is 0 Å². The van der Waals surface area contributed by atoms with E-state index in [0.29, 0.717) is 6.54 Å². The van der Waals surface area contributed by atoms with Crippen molar-refractivity contribution in [3.05, 3.63) is 34.3 Å². The predicted octanol–water partition coefficient (Wildman–Crippen LogP) is 3.01. The van der Waals surface area contributed by atoms with E-state index in [1.165, 1.54) is 0 Å². The zero-order chi connectivity index (χ0) is 13.5. The number of anilines is 1. The number of hydrogen-bond donors (Lipinski definition) is 1. The molecule has 3 nitrogen and oxygen atoms in total. The highest BCUT2D eigenvalue weighted by Gasteiger charge is 2.07. The van der Waals surface area contributed by atoms with E-state index in [1.54, 1.807) is 6.08 Å². The molecule has 0 atom stereocenters. The number of aliphatic carboxylic acids is 1. The summed E-state index contributed by atoms with van der Waals surface area (Å²) < 4.78 is 0.896. The summed E-state index contributed by atoms with van der Waals surface area (Å²) in [5.74, 6) is 1.63. The van der Waals surface area contributed by atoms with E-state index in [4.69, 9.17) is 11.5 Å². The average Bonchev–Trinajstić information content (AvgIpc) is 2.34. The lowest BCUT2D eigenvalue weighted by atomic mass is 10.1. The van der Waals surface area contributed by atoms with Crippen molar-refractivity contribution in [1.82, 2.24) is 0 Å². The second kappa shape index (κ2) is 6.87. The first kappa shape index (κ1) is 14.3. The summed E-state index contributed by atoms with van der Waals surface area (Å²) >= 11 is 3.37. The summed E-state index contributed by atoms with van der Waals surface area (Å²) in [7, 11) is 0. The molecule has 0 radical (unpaired) electrons. The molecule has 0 aliphatic heterocycles. The lowest BCUT2D eigenvalue weighted by molar-refractivity contribution is -0.131. The third kappa shape index (κ3) is 3.94. The van der Waals surface area contributed by atoms with Crippen molar-refractivity contribution in [2.24, 2.45) is 0 Å². The molecular formula is C14H14BrNO2. The smallest absolute Gasteiger partial charge is 0.328 e. The normalized spacial score (nSPS) is 10.3. The topological polar surface area (TPSA) is 40.5 Å². The summed E-state index contributed by atoms with van der Waals surface area (Å²) in [5.41, 5.74) is 1.75. The molecule has 0 spiro atoms. The molecule has 0 aliphatic rings. The fourth-order valence-corrected chi connectivity index (χ4v) is 1.96. The molecule has 0 aromatic heterocycles. The second-order valence-electron chi connectivity index (χ2n) is 3.59. The molecule has 0 unspecified atom stereocenters. The van der Waals surface area contributed by atoms with Gasteiger partial charge >= 0.3 is 5.97 Å². The maximum absolute atomic E-state index is 10.6. The molecular weight excluding hydrogens is 294 g/mol. The van der Waals surface area contributed by atoms with Gasteiger partial charge in [0.1, 0.15) is 0 Å². The van der Waals surface area contributed by atoms with Gasteiger partial charge in [-0.3, -0.25) is 0 Å². The number of rotatable bonds is 5. The second-order valence-corrected chi connectivity index (χ2v) is 4.51. The molecule has 0 amide bonds. The quantitative estimate of drug-likeness (QED) is 0.671. The van der Waals surface area contributed by atoms with E-state index in [-0.39, 0.29) is 0 Å². The van der Waals surface area contributed by atoms with Crippen LogP contribution in [0.5, 0.6) is 0 Å². The number of carboxylic acid groups (broad SMARTS) is 1. The standard InChI is InChI=1S/C14H14BrNO2/c1-3-9-16(4-2)13-7-6-12(15)10-11(13)5-8-14(17)18/h1,5-8,10H,4,9H2,2H3,(H,17,18)/b8-5+. The average molecular weight is 308 g/mol. The van der Waals surface area contributed by atoms with Crippen LogP contribution in [0.1, 0.15) is 12.5 Å². The molecule has 94 valence electrons. The summed E-state index contributed by atoms with van der Waals surface area (Å²) in [6.45, 7) is 3.26. The fourth-order valence-electron chi connectivity index (χ4n) is 1.59. The first-order chi connectivity index (χ1) is 8.58. The Morgan fingerprint density at radius 2 is 2.33 bits per heavy atom. The van der Waals surface area contributed by atoms with Crippen LogP contribution in [0.25, 0.3) is 6.08 Å². The molecule has 4 heteroatoms. The van der Waals surface area contributed by atoms with E-state index >= 15 is 0 Å². The molecule has 0 saturated heterocycles.